The van der Waals surface area contributed by atoms with Gasteiger partial charge < -0.3 is 5.11 Å². The van der Waals surface area contributed by atoms with Crippen molar-refractivity contribution in [2.75, 3.05) is 0 Å². The first kappa shape index (κ1) is 11.1. The number of aliphatic hydroxyl groups excluding tert-OH is 1. The van der Waals surface area contributed by atoms with E-state index in [4.69, 9.17) is 0 Å². The Hall–Kier alpha value is -0.380. The molecule has 15 heavy (non-hydrogen) atoms. The molecule has 3 heteroatoms. The van der Waals surface area contributed by atoms with Gasteiger partial charge in [-0.25, -0.2) is 0 Å². The molecule has 0 amide bonds. The lowest BCUT2D eigenvalue weighted by Gasteiger charge is -2.09. The van der Waals surface area contributed by atoms with Crippen LogP contribution in [-0.4, -0.2) is 5.11 Å². The Bertz CT molecular complexity index is 399. The first-order valence-corrected chi connectivity index (χ1v) is 7.01. The number of hydrogen-bond acceptors (Lipinski definition) is 3. The summed E-state index contributed by atoms with van der Waals surface area (Å²) in [7, 11) is 0. The van der Waals surface area contributed by atoms with Crippen LogP contribution in [0.3, 0.4) is 0 Å². The summed E-state index contributed by atoms with van der Waals surface area (Å²) < 4.78 is 2.61. The molecule has 1 nitrogen and oxygen atoms in total. The minimum absolute atomic E-state index is 0.267. The van der Waals surface area contributed by atoms with Gasteiger partial charge in [0.05, 0.1) is 6.10 Å². The summed E-state index contributed by atoms with van der Waals surface area (Å²) >= 11 is 3.47. The highest BCUT2D eigenvalue weighted by molar-refractivity contribution is 7.26. The second-order valence-corrected chi connectivity index (χ2v) is 6.35. The van der Waals surface area contributed by atoms with E-state index in [2.05, 4.69) is 31.4 Å². The molecule has 0 saturated carbocycles. The normalized spacial score (nSPS) is 13.9. The molecule has 0 bridgehead atoms. The summed E-state index contributed by atoms with van der Waals surface area (Å²) in [6, 6.07) is 4.26. The highest BCUT2D eigenvalue weighted by atomic mass is 32.1. The van der Waals surface area contributed by atoms with E-state index in [1.807, 2.05) is 0 Å². The molecule has 0 aliphatic carbocycles. The molecule has 0 saturated heterocycles. The Labute approximate surface area is 98.4 Å². The smallest absolute Gasteiger partial charge is 0.0882 e. The number of fused-ring (bicyclic) bond motifs is 1. The number of hydrogen-bond donors (Lipinski definition) is 1. The van der Waals surface area contributed by atoms with Crippen molar-refractivity contribution in [1.82, 2.24) is 0 Å². The summed E-state index contributed by atoms with van der Waals surface area (Å²) in [6.07, 6.45) is 1.70. The van der Waals surface area contributed by atoms with E-state index in [0.717, 1.165) is 17.7 Å². The molecule has 1 N–H and O–H groups in total. The SMILES string of the molecule is CC(C)CCC(O)c1cc2sccc2s1. The second-order valence-electron chi connectivity index (χ2n) is 4.28. The largest absolute Gasteiger partial charge is 0.388 e. The van der Waals surface area contributed by atoms with Gasteiger partial charge in [-0.15, -0.1) is 22.7 Å². The number of aliphatic hydroxyl groups is 1. The summed E-state index contributed by atoms with van der Waals surface area (Å²) in [4.78, 5) is 1.12. The summed E-state index contributed by atoms with van der Waals surface area (Å²) in [5.74, 6) is 0.667. The molecule has 2 aromatic heterocycles. The zero-order chi connectivity index (χ0) is 10.8. The maximum Gasteiger partial charge on any atom is 0.0882 e. The van der Waals surface area contributed by atoms with Crippen molar-refractivity contribution in [1.29, 1.82) is 0 Å². The van der Waals surface area contributed by atoms with Crippen LogP contribution < -0.4 is 0 Å². The minimum atomic E-state index is -0.267. The van der Waals surface area contributed by atoms with Crippen LogP contribution in [0.5, 0.6) is 0 Å². The Kier molecular flexibility index (Phi) is 3.44. The van der Waals surface area contributed by atoms with Gasteiger partial charge in [0.15, 0.2) is 0 Å². The summed E-state index contributed by atoms with van der Waals surface area (Å²) in [6.45, 7) is 4.39. The average molecular weight is 240 g/mol. The third-order valence-electron chi connectivity index (χ3n) is 2.50. The average Bonchev–Trinajstić information content (AvgIpc) is 2.72. The van der Waals surface area contributed by atoms with Crippen LogP contribution in [0.25, 0.3) is 9.40 Å². The monoisotopic (exact) mass is 240 g/mol. The van der Waals surface area contributed by atoms with Gasteiger partial charge in [-0.05, 0) is 36.3 Å². The Morgan fingerprint density at radius 1 is 1.27 bits per heavy atom. The van der Waals surface area contributed by atoms with Crippen LogP contribution in [0.15, 0.2) is 17.5 Å². The van der Waals surface area contributed by atoms with Crippen molar-refractivity contribution >= 4 is 32.1 Å². The van der Waals surface area contributed by atoms with Crippen molar-refractivity contribution in [2.24, 2.45) is 5.92 Å². The molecule has 0 fully saturated rings. The van der Waals surface area contributed by atoms with E-state index in [1.54, 1.807) is 22.7 Å². The van der Waals surface area contributed by atoms with Gasteiger partial charge in [0.1, 0.15) is 0 Å². The predicted octanol–water partition coefficient (Wildman–Crippen LogP) is 4.43. The summed E-state index contributed by atoms with van der Waals surface area (Å²) in [5.41, 5.74) is 0. The van der Waals surface area contributed by atoms with E-state index in [-0.39, 0.29) is 6.10 Å². The minimum Gasteiger partial charge on any atom is -0.388 e. The standard InChI is InChI=1S/C12H16OS2/c1-8(2)3-4-9(13)11-7-12-10(15-11)5-6-14-12/h5-9,13H,3-4H2,1-2H3. The lowest BCUT2D eigenvalue weighted by Crippen LogP contribution is -1.97. The number of thiophene rings is 2. The van der Waals surface area contributed by atoms with E-state index in [0.29, 0.717) is 5.92 Å². The fourth-order valence-corrected chi connectivity index (χ4v) is 3.72. The zero-order valence-corrected chi connectivity index (χ0v) is 10.7. The highest BCUT2D eigenvalue weighted by Gasteiger charge is 2.12. The van der Waals surface area contributed by atoms with E-state index < -0.39 is 0 Å². The van der Waals surface area contributed by atoms with Crippen LogP contribution in [0, 0.1) is 5.92 Å². The van der Waals surface area contributed by atoms with Crippen LogP contribution >= 0.6 is 22.7 Å². The highest BCUT2D eigenvalue weighted by Crippen LogP contribution is 2.35. The fourth-order valence-electron chi connectivity index (χ4n) is 1.58. The molecule has 0 aliphatic rings. The van der Waals surface area contributed by atoms with Crippen LogP contribution in [0.4, 0.5) is 0 Å². The molecule has 2 heterocycles. The molecule has 2 rings (SSSR count). The van der Waals surface area contributed by atoms with Gasteiger partial charge in [-0.1, -0.05) is 13.8 Å². The lowest BCUT2D eigenvalue weighted by atomic mass is 10.0. The quantitative estimate of drug-likeness (QED) is 0.838. The van der Waals surface area contributed by atoms with Crippen molar-refractivity contribution in [2.45, 2.75) is 32.8 Å². The summed E-state index contributed by atoms with van der Waals surface area (Å²) in [5, 5.41) is 12.1. The maximum absolute atomic E-state index is 10.0. The first-order valence-electron chi connectivity index (χ1n) is 5.32. The van der Waals surface area contributed by atoms with E-state index in [9.17, 15) is 5.11 Å². The van der Waals surface area contributed by atoms with Crippen molar-refractivity contribution in [3.63, 3.8) is 0 Å². The molecule has 1 unspecified atom stereocenters. The fraction of sp³-hybridized carbons (Fsp3) is 0.500. The van der Waals surface area contributed by atoms with Gasteiger partial charge in [0, 0.05) is 14.3 Å². The van der Waals surface area contributed by atoms with Crippen molar-refractivity contribution in [3.05, 3.63) is 22.4 Å². The lowest BCUT2D eigenvalue weighted by molar-refractivity contribution is 0.163. The van der Waals surface area contributed by atoms with Crippen LogP contribution in [-0.2, 0) is 0 Å². The predicted molar refractivity (Wildman–Crippen MR) is 68.7 cm³/mol. The molecular formula is C12H16OS2. The topological polar surface area (TPSA) is 20.2 Å². The molecular weight excluding hydrogens is 224 g/mol. The van der Waals surface area contributed by atoms with Crippen LogP contribution in [0.2, 0.25) is 0 Å². The van der Waals surface area contributed by atoms with E-state index >= 15 is 0 Å². The Morgan fingerprint density at radius 3 is 2.73 bits per heavy atom. The molecule has 0 spiro atoms. The van der Waals surface area contributed by atoms with Gasteiger partial charge in [0.25, 0.3) is 0 Å². The van der Waals surface area contributed by atoms with Crippen molar-refractivity contribution < 1.29 is 5.11 Å². The van der Waals surface area contributed by atoms with Crippen molar-refractivity contribution in [3.8, 4) is 0 Å². The third kappa shape index (κ3) is 2.60. The Balaban J connectivity index is 2.06. The van der Waals surface area contributed by atoms with E-state index in [1.165, 1.54) is 9.40 Å². The molecule has 2 aromatic rings. The molecule has 0 radical (unpaired) electrons. The maximum atomic E-state index is 10.0. The molecule has 1 atom stereocenters. The Morgan fingerprint density at radius 2 is 2.07 bits per heavy atom. The first-order chi connectivity index (χ1) is 7.16. The van der Waals surface area contributed by atoms with Crippen LogP contribution in [0.1, 0.15) is 37.7 Å². The molecule has 0 aromatic carbocycles. The second kappa shape index (κ2) is 4.64. The van der Waals surface area contributed by atoms with Gasteiger partial charge >= 0.3 is 0 Å². The van der Waals surface area contributed by atoms with Gasteiger partial charge in [-0.2, -0.15) is 0 Å². The third-order valence-corrected chi connectivity index (χ3v) is 4.70. The van der Waals surface area contributed by atoms with Gasteiger partial charge in [-0.3, -0.25) is 0 Å². The number of rotatable bonds is 4. The molecule has 0 aliphatic heterocycles. The molecule has 82 valence electrons. The zero-order valence-electron chi connectivity index (χ0n) is 9.06. The van der Waals surface area contributed by atoms with Gasteiger partial charge in [0.2, 0.25) is 0 Å².